The fourth-order valence-corrected chi connectivity index (χ4v) is 2.19. The van der Waals surface area contributed by atoms with Crippen LogP contribution in [-0.4, -0.2) is 26.3 Å². The average Bonchev–Trinajstić information content (AvgIpc) is 2.73. The zero-order chi connectivity index (χ0) is 12.1. The topological polar surface area (TPSA) is 55.6 Å². The van der Waals surface area contributed by atoms with Gasteiger partial charge in [-0.05, 0) is 19.1 Å². The van der Waals surface area contributed by atoms with Crippen molar-refractivity contribution in [3.05, 3.63) is 30.2 Å². The molecule has 0 amide bonds. The van der Waals surface area contributed by atoms with E-state index in [4.69, 9.17) is 0 Å². The molecule has 2 aromatic heterocycles. The first-order valence-corrected chi connectivity index (χ1v) is 6.44. The highest BCUT2D eigenvalue weighted by Crippen LogP contribution is 2.19. The van der Waals surface area contributed by atoms with Gasteiger partial charge in [-0.15, -0.1) is 0 Å². The molecule has 0 aromatic carbocycles. The van der Waals surface area contributed by atoms with Crippen LogP contribution >= 0.6 is 11.8 Å². The van der Waals surface area contributed by atoms with E-state index in [1.54, 1.807) is 22.8 Å². The second-order valence-electron chi connectivity index (χ2n) is 3.50. The van der Waals surface area contributed by atoms with Crippen molar-refractivity contribution in [2.45, 2.75) is 17.8 Å². The predicted molar refractivity (Wildman–Crippen MR) is 69.0 cm³/mol. The number of rotatable bonds is 5. The third-order valence-electron chi connectivity index (χ3n) is 2.18. The highest BCUT2D eigenvalue weighted by Gasteiger charge is 2.03. The Morgan fingerprint density at radius 1 is 1.41 bits per heavy atom. The molecule has 0 aliphatic heterocycles. The summed E-state index contributed by atoms with van der Waals surface area (Å²) in [6.07, 6.45) is 1.56. The number of hydrogen-bond acceptors (Lipinski definition) is 5. The summed E-state index contributed by atoms with van der Waals surface area (Å²) < 4.78 is 1.76. The monoisotopic (exact) mass is 249 g/mol. The van der Waals surface area contributed by atoms with E-state index in [9.17, 15) is 0 Å². The lowest BCUT2D eigenvalue weighted by molar-refractivity contribution is 0.685. The number of aromatic nitrogens is 4. The summed E-state index contributed by atoms with van der Waals surface area (Å²) in [5, 5.41) is 8.13. The molecule has 0 aliphatic carbocycles. The third kappa shape index (κ3) is 3.20. The molecule has 0 aliphatic rings. The van der Waals surface area contributed by atoms with E-state index in [2.05, 4.69) is 27.3 Å². The summed E-state index contributed by atoms with van der Waals surface area (Å²) in [4.78, 5) is 8.66. The predicted octanol–water partition coefficient (Wildman–Crippen LogP) is 1.93. The maximum atomic E-state index is 4.50. The Kier molecular flexibility index (Phi) is 3.98. The Morgan fingerprint density at radius 2 is 2.29 bits per heavy atom. The minimum absolute atomic E-state index is 0.797. The van der Waals surface area contributed by atoms with Gasteiger partial charge in [0.05, 0.1) is 5.69 Å². The number of nitrogens with zero attached hydrogens (tertiary/aromatic N) is 4. The molecule has 0 radical (unpaired) electrons. The maximum Gasteiger partial charge on any atom is 0.186 e. The Bertz CT molecular complexity index is 482. The Balaban J connectivity index is 1.99. The van der Waals surface area contributed by atoms with Crippen LogP contribution < -0.4 is 5.32 Å². The first-order valence-electron chi connectivity index (χ1n) is 5.46. The number of aryl methyl sites for hydroxylation is 1. The zero-order valence-corrected chi connectivity index (χ0v) is 10.7. The van der Waals surface area contributed by atoms with Crippen LogP contribution in [0.2, 0.25) is 0 Å². The molecule has 2 heterocycles. The smallest absolute Gasteiger partial charge is 0.186 e. The summed E-state index contributed by atoms with van der Waals surface area (Å²) in [6.45, 7) is 2.94. The van der Waals surface area contributed by atoms with Crippen LogP contribution in [0.3, 0.4) is 0 Å². The van der Waals surface area contributed by atoms with Crippen LogP contribution in [0, 0.1) is 0 Å². The van der Waals surface area contributed by atoms with Crippen molar-refractivity contribution in [1.82, 2.24) is 19.7 Å². The molecule has 6 heteroatoms. The maximum absolute atomic E-state index is 4.50. The van der Waals surface area contributed by atoms with Crippen molar-refractivity contribution in [1.29, 1.82) is 0 Å². The first-order chi connectivity index (χ1) is 8.29. The Hall–Kier alpha value is -1.56. The molecule has 0 saturated carbocycles. The quantitative estimate of drug-likeness (QED) is 0.821. The van der Waals surface area contributed by atoms with Gasteiger partial charge in [-0.1, -0.05) is 17.8 Å². The fraction of sp³-hybridized carbons (Fsp3) is 0.364. The van der Waals surface area contributed by atoms with Crippen molar-refractivity contribution >= 4 is 17.6 Å². The minimum Gasteiger partial charge on any atom is -0.370 e. The van der Waals surface area contributed by atoms with Gasteiger partial charge >= 0.3 is 0 Å². The van der Waals surface area contributed by atoms with Gasteiger partial charge in [-0.3, -0.25) is 0 Å². The van der Waals surface area contributed by atoms with Gasteiger partial charge in [-0.2, -0.15) is 5.10 Å². The van der Waals surface area contributed by atoms with Crippen molar-refractivity contribution in [2.24, 2.45) is 7.05 Å². The number of hydrogen-bond donors (Lipinski definition) is 1. The van der Waals surface area contributed by atoms with Crippen LogP contribution in [0.5, 0.6) is 0 Å². The molecule has 0 unspecified atom stereocenters. The second-order valence-corrected chi connectivity index (χ2v) is 4.44. The molecular weight excluding hydrogens is 234 g/mol. The van der Waals surface area contributed by atoms with E-state index in [-0.39, 0.29) is 0 Å². The Labute approximate surface area is 105 Å². The average molecular weight is 249 g/mol. The molecule has 1 N–H and O–H groups in total. The molecular formula is C11H15N5S. The van der Waals surface area contributed by atoms with E-state index in [0.717, 1.165) is 29.0 Å². The standard InChI is InChI=1S/C11H15N5S/c1-3-12-10-6-4-5-9(15-10)7-17-11-13-8-14-16(11)2/h4-6,8H,3,7H2,1-2H3,(H,12,15). The number of nitrogens with one attached hydrogen (secondary N) is 1. The van der Waals surface area contributed by atoms with Crippen molar-refractivity contribution < 1.29 is 0 Å². The number of thioether (sulfide) groups is 1. The molecule has 5 nitrogen and oxygen atoms in total. The van der Waals surface area contributed by atoms with Gasteiger partial charge in [-0.25, -0.2) is 14.6 Å². The minimum atomic E-state index is 0.797. The molecule has 0 spiro atoms. The van der Waals surface area contributed by atoms with Gasteiger partial charge in [0.2, 0.25) is 0 Å². The van der Waals surface area contributed by atoms with Crippen LogP contribution in [0.25, 0.3) is 0 Å². The van der Waals surface area contributed by atoms with Crippen molar-refractivity contribution in [2.75, 3.05) is 11.9 Å². The number of pyridine rings is 1. The molecule has 90 valence electrons. The van der Waals surface area contributed by atoms with Gasteiger partial charge in [0.25, 0.3) is 0 Å². The van der Waals surface area contributed by atoms with Crippen molar-refractivity contribution in [3.8, 4) is 0 Å². The second kappa shape index (κ2) is 5.67. The normalized spacial score (nSPS) is 10.5. The van der Waals surface area contributed by atoms with Gasteiger partial charge < -0.3 is 5.32 Å². The largest absolute Gasteiger partial charge is 0.370 e. The zero-order valence-electron chi connectivity index (χ0n) is 9.92. The molecule has 0 bridgehead atoms. The highest BCUT2D eigenvalue weighted by molar-refractivity contribution is 7.98. The summed E-state index contributed by atoms with van der Waals surface area (Å²) in [6, 6.07) is 6.00. The van der Waals surface area contributed by atoms with Gasteiger partial charge in [0.1, 0.15) is 12.1 Å². The Morgan fingerprint density at radius 3 is 3.00 bits per heavy atom. The lowest BCUT2D eigenvalue weighted by atomic mass is 10.4. The SMILES string of the molecule is CCNc1cccc(CSc2ncnn2C)n1. The molecule has 0 atom stereocenters. The van der Waals surface area contributed by atoms with Crippen LogP contribution in [-0.2, 0) is 12.8 Å². The molecule has 0 saturated heterocycles. The summed E-state index contributed by atoms with van der Waals surface area (Å²) in [7, 11) is 1.89. The van der Waals surface area contributed by atoms with E-state index in [1.165, 1.54) is 0 Å². The lowest BCUT2D eigenvalue weighted by Gasteiger charge is -2.04. The molecule has 2 rings (SSSR count). The third-order valence-corrected chi connectivity index (χ3v) is 3.25. The summed E-state index contributed by atoms with van der Waals surface area (Å²) >= 11 is 1.63. The summed E-state index contributed by atoms with van der Waals surface area (Å²) in [5.74, 6) is 1.72. The lowest BCUT2D eigenvalue weighted by Crippen LogP contribution is -2.00. The molecule has 2 aromatic rings. The van der Waals surface area contributed by atoms with Crippen LogP contribution in [0.1, 0.15) is 12.6 Å². The number of anilines is 1. The highest BCUT2D eigenvalue weighted by atomic mass is 32.2. The fourth-order valence-electron chi connectivity index (χ4n) is 1.39. The first kappa shape index (κ1) is 11.9. The molecule has 0 fully saturated rings. The van der Waals surface area contributed by atoms with E-state index < -0.39 is 0 Å². The van der Waals surface area contributed by atoms with E-state index in [1.807, 2.05) is 25.2 Å². The summed E-state index contributed by atoms with van der Waals surface area (Å²) in [5.41, 5.74) is 1.04. The van der Waals surface area contributed by atoms with Crippen LogP contribution in [0.4, 0.5) is 5.82 Å². The van der Waals surface area contributed by atoms with Crippen LogP contribution in [0.15, 0.2) is 29.7 Å². The molecule has 17 heavy (non-hydrogen) atoms. The van der Waals surface area contributed by atoms with Gasteiger partial charge in [0.15, 0.2) is 5.16 Å². The van der Waals surface area contributed by atoms with Gasteiger partial charge in [0, 0.05) is 19.3 Å². The van der Waals surface area contributed by atoms with E-state index >= 15 is 0 Å². The van der Waals surface area contributed by atoms with Crippen molar-refractivity contribution in [3.63, 3.8) is 0 Å². The van der Waals surface area contributed by atoms with E-state index in [0.29, 0.717) is 0 Å².